The number of benzene rings is 1. The first-order valence-electron chi connectivity index (χ1n) is 8.30. The van der Waals surface area contributed by atoms with Crippen molar-refractivity contribution in [3.8, 4) is 0 Å². The third-order valence-corrected chi connectivity index (χ3v) is 9.55. The highest BCUT2D eigenvalue weighted by atomic mass is 28.3. The van der Waals surface area contributed by atoms with Crippen LogP contribution in [0, 0.1) is 11.3 Å². The van der Waals surface area contributed by atoms with Gasteiger partial charge in [-0.2, -0.15) is 0 Å². The molecule has 0 spiro atoms. The highest BCUT2D eigenvalue weighted by molar-refractivity contribution is 6.96. The van der Waals surface area contributed by atoms with Gasteiger partial charge < -0.3 is 5.11 Å². The van der Waals surface area contributed by atoms with E-state index >= 15 is 0 Å². The molecule has 2 rings (SSSR count). The van der Waals surface area contributed by atoms with Gasteiger partial charge in [0.1, 0.15) is 8.07 Å². The van der Waals surface area contributed by atoms with Crippen molar-refractivity contribution in [2.24, 2.45) is 11.3 Å². The molecule has 0 radical (unpaired) electrons. The minimum atomic E-state index is -2.04. The molecule has 0 bridgehead atoms. The smallest absolute Gasteiger partial charge is 0.313 e. The lowest BCUT2D eigenvalue weighted by Gasteiger charge is -2.43. The normalized spacial score (nSPS) is 19.4. The summed E-state index contributed by atoms with van der Waals surface area (Å²) in [6.45, 7) is 10.7. The Morgan fingerprint density at radius 1 is 1.18 bits per heavy atom. The summed E-state index contributed by atoms with van der Waals surface area (Å²) < 4.78 is 0. The molecule has 0 aliphatic heterocycles. The minimum Gasteiger partial charge on any atom is -0.481 e. The van der Waals surface area contributed by atoms with Gasteiger partial charge in [0.25, 0.3) is 0 Å². The predicted octanol–water partition coefficient (Wildman–Crippen LogP) is 4.37. The van der Waals surface area contributed by atoms with Crippen LogP contribution >= 0.6 is 0 Å². The van der Waals surface area contributed by atoms with Crippen LogP contribution < -0.4 is 5.19 Å². The van der Waals surface area contributed by atoms with Gasteiger partial charge in [-0.15, -0.1) is 6.58 Å². The molecule has 22 heavy (non-hydrogen) atoms. The topological polar surface area (TPSA) is 37.3 Å². The Bertz CT molecular complexity index is 544. The number of hydrogen-bond acceptors (Lipinski definition) is 1. The number of hydrogen-bond donors (Lipinski definition) is 1. The molecule has 1 saturated carbocycles. The summed E-state index contributed by atoms with van der Waals surface area (Å²) in [5.74, 6) is -0.470. The molecule has 1 aromatic rings. The van der Waals surface area contributed by atoms with Crippen LogP contribution in [0.1, 0.15) is 39.0 Å². The fourth-order valence-corrected chi connectivity index (χ4v) is 6.89. The average molecular weight is 317 g/mol. The molecule has 1 atom stereocenters. The Morgan fingerprint density at radius 2 is 1.73 bits per heavy atom. The summed E-state index contributed by atoms with van der Waals surface area (Å²) in [7, 11) is -2.04. The van der Waals surface area contributed by atoms with Crippen LogP contribution in [0.5, 0.6) is 0 Å². The van der Waals surface area contributed by atoms with E-state index in [1.807, 2.05) is 25.1 Å². The van der Waals surface area contributed by atoms with Gasteiger partial charge in [0.05, 0.1) is 5.41 Å². The van der Waals surface area contributed by atoms with Gasteiger partial charge >= 0.3 is 5.97 Å². The quantitative estimate of drug-likeness (QED) is 0.819. The Kier molecular flexibility index (Phi) is 4.96. The Balaban J connectivity index is 2.39. The molecular formula is C19H28O2Si. The Morgan fingerprint density at radius 3 is 2.23 bits per heavy atom. The van der Waals surface area contributed by atoms with E-state index in [0.717, 1.165) is 30.9 Å². The molecule has 1 N–H and O–H groups in total. The van der Waals surface area contributed by atoms with Crippen molar-refractivity contribution < 1.29 is 9.90 Å². The maximum Gasteiger partial charge on any atom is 0.313 e. The number of aliphatic carboxylic acids is 1. The molecule has 0 aromatic heterocycles. The lowest BCUT2D eigenvalue weighted by atomic mass is 9.69. The zero-order valence-corrected chi connectivity index (χ0v) is 15.1. The zero-order chi connectivity index (χ0) is 16.4. The standard InChI is InChI=1S/C19H28O2Si/c1-15(22(3,4)17-13-9-6-10-14-17)19(2,18(20)21)16-11-7-5-8-12-16/h6,9-10,13-14,16H,1,5,7-8,11-12H2,2-4H3,(H,20,21). The van der Waals surface area contributed by atoms with Crippen molar-refractivity contribution >= 4 is 19.2 Å². The number of rotatable bonds is 5. The van der Waals surface area contributed by atoms with Crippen molar-refractivity contribution in [2.45, 2.75) is 52.1 Å². The molecular weight excluding hydrogens is 288 g/mol. The van der Waals surface area contributed by atoms with E-state index in [1.54, 1.807) is 0 Å². The molecule has 1 aromatic carbocycles. The van der Waals surface area contributed by atoms with Crippen LogP contribution in [0.2, 0.25) is 13.1 Å². The second kappa shape index (κ2) is 6.41. The van der Waals surface area contributed by atoms with Crippen LogP contribution in [0.15, 0.2) is 42.1 Å². The highest BCUT2D eigenvalue weighted by Gasteiger charge is 2.49. The SMILES string of the molecule is C=C(C(C)(C(=O)O)C1CCCCC1)[Si](C)(C)c1ccccc1. The predicted molar refractivity (Wildman–Crippen MR) is 95.0 cm³/mol. The van der Waals surface area contributed by atoms with E-state index in [1.165, 1.54) is 11.6 Å². The van der Waals surface area contributed by atoms with Crippen LogP contribution in [-0.4, -0.2) is 19.1 Å². The number of carbonyl (C=O) groups is 1. The molecule has 0 heterocycles. The minimum absolute atomic E-state index is 0.224. The van der Waals surface area contributed by atoms with Crippen molar-refractivity contribution in [3.63, 3.8) is 0 Å². The summed E-state index contributed by atoms with van der Waals surface area (Å²) in [5.41, 5.74) is -0.800. The fourth-order valence-electron chi connectivity index (χ4n) is 3.91. The van der Waals surface area contributed by atoms with Crippen LogP contribution in [0.3, 0.4) is 0 Å². The molecule has 1 unspecified atom stereocenters. The van der Waals surface area contributed by atoms with Gasteiger partial charge in [-0.1, -0.05) is 73.1 Å². The molecule has 1 aliphatic rings. The second-order valence-electron chi connectivity index (χ2n) is 7.31. The van der Waals surface area contributed by atoms with Crippen LogP contribution in [0.4, 0.5) is 0 Å². The van der Waals surface area contributed by atoms with Gasteiger partial charge in [0.15, 0.2) is 0 Å². The van der Waals surface area contributed by atoms with Crippen LogP contribution in [-0.2, 0) is 4.79 Å². The summed E-state index contributed by atoms with van der Waals surface area (Å²) in [6.07, 6.45) is 5.56. The van der Waals surface area contributed by atoms with E-state index in [-0.39, 0.29) is 5.92 Å². The molecule has 3 heteroatoms. The fraction of sp³-hybridized carbons (Fsp3) is 0.526. The average Bonchev–Trinajstić information content (AvgIpc) is 2.54. The van der Waals surface area contributed by atoms with E-state index in [9.17, 15) is 9.90 Å². The maximum atomic E-state index is 12.2. The van der Waals surface area contributed by atoms with Crippen molar-refractivity contribution in [1.82, 2.24) is 0 Å². The van der Waals surface area contributed by atoms with E-state index in [0.29, 0.717) is 0 Å². The molecule has 2 nitrogen and oxygen atoms in total. The van der Waals surface area contributed by atoms with E-state index in [2.05, 4.69) is 31.8 Å². The van der Waals surface area contributed by atoms with Gasteiger partial charge in [-0.3, -0.25) is 4.79 Å². The van der Waals surface area contributed by atoms with E-state index in [4.69, 9.17) is 0 Å². The van der Waals surface area contributed by atoms with Gasteiger partial charge in [0.2, 0.25) is 0 Å². The first-order chi connectivity index (χ1) is 10.3. The summed E-state index contributed by atoms with van der Waals surface area (Å²) >= 11 is 0. The third kappa shape index (κ3) is 2.91. The lowest BCUT2D eigenvalue weighted by Crippen LogP contribution is -2.53. The van der Waals surface area contributed by atoms with Gasteiger partial charge in [-0.25, -0.2) is 0 Å². The molecule has 1 aliphatic carbocycles. The number of carboxylic acids is 1. The third-order valence-electron chi connectivity index (χ3n) is 5.74. The molecule has 120 valence electrons. The lowest BCUT2D eigenvalue weighted by molar-refractivity contribution is -0.148. The Labute approximate surface area is 135 Å². The molecule has 0 amide bonds. The maximum absolute atomic E-state index is 12.2. The first-order valence-corrected chi connectivity index (χ1v) is 11.3. The largest absolute Gasteiger partial charge is 0.481 e. The van der Waals surface area contributed by atoms with Gasteiger partial charge in [-0.05, 0) is 25.7 Å². The van der Waals surface area contributed by atoms with Crippen molar-refractivity contribution in [2.75, 3.05) is 0 Å². The zero-order valence-electron chi connectivity index (χ0n) is 14.1. The molecule has 1 fully saturated rings. The monoisotopic (exact) mass is 316 g/mol. The second-order valence-corrected chi connectivity index (χ2v) is 11.7. The van der Waals surface area contributed by atoms with Crippen LogP contribution in [0.25, 0.3) is 0 Å². The first kappa shape index (κ1) is 17.0. The summed E-state index contributed by atoms with van der Waals surface area (Å²) in [5, 5.41) is 12.3. The van der Waals surface area contributed by atoms with E-state index < -0.39 is 19.5 Å². The van der Waals surface area contributed by atoms with Crippen molar-refractivity contribution in [3.05, 3.63) is 42.1 Å². The Hall–Kier alpha value is -1.35. The highest BCUT2D eigenvalue weighted by Crippen LogP contribution is 2.46. The van der Waals surface area contributed by atoms with Gasteiger partial charge in [0, 0.05) is 0 Å². The number of carboxylic acid groups (broad SMARTS) is 1. The summed E-state index contributed by atoms with van der Waals surface area (Å²) in [4.78, 5) is 12.2. The van der Waals surface area contributed by atoms with Crippen molar-refractivity contribution in [1.29, 1.82) is 0 Å². The molecule has 0 saturated heterocycles. The summed E-state index contributed by atoms with van der Waals surface area (Å²) in [6, 6.07) is 10.3.